The van der Waals surface area contributed by atoms with E-state index in [2.05, 4.69) is 9.88 Å². The molecule has 1 aromatic heterocycles. The lowest BCUT2D eigenvalue weighted by molar-refractivity contribution is 0.276. The number of aromatic nitrogens is 1. The summed E-state index contributed by atoms with van der Waals surface area (Å²) in [5.74, 6) is 0. The van der Waals surface area contributed by atoms with Crippen LogP contribution in [0.3, 0.4) is 0 Å². The van der Waals surface area contributed by atoms with Crippen LogP contribution in [-0.2, 0) is 6.61 Å². The fraction of sp³-hybridized carbons (Fsp3) is 0.615. The maximum Gasteiger partial charge on any atom is 0.0853 e. The Hall–Kier alpha value is -1.13. The maximum atomic E-state index is 9.10. The van der Waals surface area contributed by atoms with Crippen molar-refractivity contribution in [1.82, 2.24) is 4.98 Å². The van der Waals surface area contributed by atoms with Crippen molar-refractivity contribution in [3.8, 4) is 0 Å². The summed E-state index contributed by atoms with van der Waals surface area (Å²) >= 11 is 0. The summed E-state index contributed by atoms with van der Waals surface area (Å²) in [6, 6.07) is 4.48. The topological polar surface area (TPSA) is 56.6 Å². The van der Waals surface area contributed by atoms with Crippen LogP contribution < -0.4 is 4.90 Å². The van der Waals surface area contributed by atoms with Crippen LogP contribution >= 0.6 is 0 Å². The lowest BCUT2D eigenvalue weighted by Gasteiger charge is -2.27. The third-order valence-corrected chi connectivity index (χ3v) is 3.37. The predicted octanol–water partition coefficient (Wildman–Crippen LogP) is 1.32. The second kappa shape index (κ2) is 5.98. The van der Waals surface area contributed by atoms with Crippen molar-refractivity contribution in [3.05, 3.63) is 24.0 Å². The van der Waals surface area contributed by atoms with E-state index in [-0.39, 0.29) is 13.2 Å². The Balaban J connectivity index is 2.08. The van der Waals surface area contributed by atoms with Crippen LogP contribution in [0.4, 0.5) is 5.69 Å². The van der Waals surface area contributed by atoms with Crippen molar-refractivity contribution in [1.29, 1.82) is 0 Å². The van der Waals surface area contributed by atoms with E-state index in [0.717, 1.165) is 30.8 Å². The Morgan fingerprint density at radius 3 is 3.06 bits per heavy atom. The van der Waals surface area contributed by atoms with Crippen LogP contribution in [0.25, 0.3) is 0 Å². The molecule has 2 N–H and O–H groups in total. The molecule has 0 aliphatic carbocycles. The van der Waals surface area contributed by atoms with Crippen LogP contribution in [0.2, 0.25) is 0 Å². The Bertz CT molecular complexity index is 357. The van der Waals surface area contributed by atoms with Gasteiger partial charge in [0.1, 0.15) is 0 Å². The average molecular weight is 236 g/mol. The molecule has 0 saturated carbocycles. The number of rotatable bonds is 5. The van der Waals surface area contributed by atoms with Crippen LogP contribution in [-0.4, -0.2) is 34.4 Å². The number of anilines is 1. The van der Waals surface area contributed by atoms with E-state index in [0.29, 0.717) is 6.04 Å². The van der Waals surface area contributed by atoms with E-state index in [4.69, 9.17) is 10.2 Å². The molecule has 0 radical (unpaired) electrons. The number of hydrogen-bond donors (Lipinski definition) is 2. The number of hydrogen-bond acceptors (Lipinski definition) is 4. The second-order valence-corrected chi connectivity index (χ2v) is 4.52. The summed E-state index contributed by atoms with van der Waals surface area (Å²) in [6.45, 7) is 1.32. The molecule has 4 nitrogen and oxygen atoms in total. The summed E-state index contributed by atoms with van der Waals surface area (Å²) in [4.78, 5) is 6.47. The van der Waals surface area contributed by atoms with Crippen molar-refractivity contribution in [2.75, 3.05) is 18.1 Å². The van der Waals surface area contributed by atoms with Gasteiger partial charge in [0.05, 0.1) is 12.3 Å². The summed E-state index contributed by atoms with van der Waals surface area (Å²) < 4.78 is 0. The Morgan fingerprint density at radius 2 is 2.29 bits per heavy atom. The fourth-order valence-electron chi connectivity index (χ4n) is 2.53. The van der Waals surface area contributed by atoms with E-state index < -0.39 is 0 Å². The molecule has 1 unspecified atom stereocenters. The monoisotopic (exact) mass is 236 g/mol. The number of pyridine rings is 1. The molecule has 0 bridgehead atoms. The minimum absolute atomic E-state index is 0.0109. The SMILES string of the molecule is OCCCC1CCCN1c1ccnc(CO)c1. The summed E-state index contributed by atoms with van der Waals surface area (Å²) in [7, 11) is 0. The molecule has 0 amide bonds. The molecule has 2 rings (SSSR count). The molecule has 2 heterocycles. The number of nitrogens with zero attached hydrogens (tertiary/aromatic N) is 2. The van der Waals surface area contributed by atoms with Gasteiger partial charge in [-0.25, -0.2) is 0 Å². The Kier molecular flexibility index (Phi) is 4.34. The summed E-state index contributed by atoms with van der Waals surface area (Å²) in [6.07, 6.45) is 6.04. The third kappa shape index (κ3) is 2.96. The molecule has 1 aromatic rings. The first-order chi connectivity index (χ1) is 8.35. The first kappa shape index (κ1) is 12.3. The molecule has 94 valence electrons. The quantitative estimate of drug-likeness (QED) is 0.809. The number of aliphatic hydroxyl groups excluding tert-OH is 2. The Labute approximate surface area is 102 Å². The van der Waals surface area contributed by atoms with E-state index in [9.17, 15) is 0 Å². The molecular formula is C13H20N2O2. The molecule has 4 heteroatoms. The second-order valence-electron chi connectivity index (χ2n) is 4.52. The summed E-state index contributed by atoms with van der Waals surface area (Å²) in [5.41, 5.74) is 1.86. The van der Waals surface area contributed by atoms with E-state index >= 15 is 0 Å². The van der Waals surface area contributed by atoms with Gasteiger partial charge in [0.15, 0.2) is 0 Å². The molecule has 1 saturated heterocycles. The van der Waals surface area contributed by atoms with Crippen LogP contribution in [0.15, 0.2) is 18.3 Å². The lowest BCUT2D eigenvalue weighted by atomic mass is 10.1. The molecule has 1 fully saturated rings. The molecule has 0 aromatic carbocycles. The van der Waals surface area contributed by atoms with Gasteiger partial charge in [-0.05, 0) is 37.8 Å². The van der Waals surface area contributed by atoms with Gasteiger partial charge in [0.2, 0.25) is 0 Å². The van der Waals surface area contributed by atoms with Gasteiger partial charge < -0.3 is 15.1 Å². The lowest BCUT2D eigenvalue weighted by Crippen LogP contribution is -2.29. The molecule has 1 aliphatic rings. The van der Waals surface area contributed by atoms with Crippen LogP contribution in [0, 0.1) is 0 Å². The molecule has 1 atom stereocenters. The van der Waals surface area contributed by atoms with Gasteiger partial charge in [0.25, 0.3) is 0 Å². The zero-order chi connectivity index (χ0) is 12.1. The molecule has 0 spiro atoms. The van der Waals surface area contributed by atoms with Gasteiger partial charge in [-0.3, -0.25) is 4.98 Å². The highest BCUT2D eigenvalue weighted by Gasteiger charge is 2.24. The number of aliphatic hydroxyl groups is 2. The largest absolute Gasteiger partial charge is 0.396 e. The van der Waals surface area contributed by atoms with Crippen LogP contribution in [0.1, 0.15) is 31.4 Å². The zero-order valence-corrected chi connectivity index (χ0v) is 10.0. The van der Waals surface area contributed by atoms with Crippen molar-refractivity contribution in [2.24, 2.45) is 0 Å². The summed E-state index contributed by atoms with van der Waals surface area (Å²) in [5, 5.41) is 18.0. The molecular weight excluding hydrogens is 216 g/mol. The van der Waals surface area contributed by atoms with E-state index in [1.54, 1.807) is 6.20 Å². The van der Waals surface area contributed by atoms with Crippen molar-refractivity contribution in [2.45, 2.75) is 38.3 Å². The average Bonchev–Trinajstić information content (AvgIpc) is 2.84. The van der Waals surface area contributed by atoms with E-state index in [1.807, 2.05) is 12.1 Å². The highest BCUT2D eigenvalue weighted by atomic mass is 16.3. The van der Waals surface area contributed by atoms with E-state index in [1.165, 1.54) is 12.8 Å². The highest BCUT2D eigenvalue weighted by molar-refractivity contribution is 5.48. The van der Waals surface area contributed by atoms with Crippen LogP contribution in [0.5, 0.6) is 0 Å². The van der Waals surface area contributed by atoms with Gasteiger partial charge in [0, 0.05) is 31.1 Å². The normalized spacial score (nSPS) is 19.9. The smallest absolute Gasteiger partial charge is 0.0853 e. The standard InChI is InChI=1S/C13H20N2O2/c16-8-2-4-12-3-1-7-15(12)13-5-6-14-11(9-13)10-17/h5-6,9,12,16-17H,1-4,7-8,10H2. The van der Waals surface area contributed by atoms with Gasteiger partial charge in [-0.15, -0.1) is 0 Å². The van der Waals surface area contributed by atoms with Crippen molar-refractivity contribution in [3.63, 3.8) is 0 Å². The first-order valence-corrected chi connectivity index (χ1v) is 6.28. The minimum atomic E-state index is -0.0109. The van der Waals surface area contributed by atoms with Gasteiger partial charge >= 0.3 is 0 Å². The first-order valence-electron chi connectivity index (χ1n) is 6.28. The Morgan fingerprint density at radius 1 is 1.41 bits per heavy atom. The predicted molar refractivity (Wildman–Crippen MR) is 66.8 cm³/mol. The van der Waals surface area contributed by atoms with Gasteiger partial charge in [-0.1, -0.05) is 0 Å². The maximum absolute atomic E-state index is 9.10. The highest BCUT2D eigenvalue weighted by Crippen LogP contribution is 2.28. The van der Waals surface area contributed by atoms with Crippen molar-refractivity contribution >= 4 is 5.69 Å². The molecule has 17 heavy (non-hydrogen) atoms. The minimum Gasteiger partial charge on any atom is -0.396 e. The van der Waals surface area contributed by atoms with Crippen molar-refractivity contribution < 1.29 is 10.2 Å². The fourth-order valence-corrected chi connectivity index (χ4v) is 2.53. The third-order valence-electron chi connectivity index (χ3n) is 3.37. The molecule has 1 aliphatic heterocycles. The van der Waals surface area contributed by atoms with Gasteiger partial charge in [-0.2, -0.15) is 0 Å². The zero-order valence-electron chi connectivity index (χ0n) is 10.0.